The van der Waals surface area contributed by atoms with Crippen LogP contribution < -0.4 is 0 Å². The Morgan fingerprint density at radius 2 is 2.26 bits per heavy atom. The first-order chi connectivity index (χ1) is 9.08. The van der Waals surface area contributed by atoms with Gasteiger partial charge in [-0.25, -0.2) is 9.78 Å². The number of hydrogen-bond donors (Lipinski definition) is 3. The van der Waals surface area contributed by atoms with Gasteiger partial charge in [-0.2, -0.15) is 0 Å². The Morgan fingerprint density at radius 3 is 2.84 bits per heavy atom. The van der Waals surface area contributed by atoms with E-state index in [1.807, 2.05) is 0 Å². The van der Waals surface area contributed by atoms with Crippen molar-refractivity contribution in [2.45, 2.75) is 31.5 Å². The molecule has 2 rings (SSSR count). The summed E-state index contributed by atoms with van der Waals surface area (Å²) in [6, 6.07) is 0. The van der Waals surface area contributed by atoms with Crippen LogP contribution in [0.4, 0.5) is 0 Å². The Kier molecular flexibility index (Phi) is 4.15. The van der Waals surface area contributed by atoms with Crippen LogP contribution in [0.1, 0.15) is 23.6 Å². The van der Waals surface area contributed by atoms with E-state index < -0.39 is 37.1 Å². The van der Waals surface area contributed by atoms with Crippen LogP contribution in [0.2, 0.25) is 0 Å². The van der Waals surface area contributed by atoms with Crippen molar-refractivity contribution in [3.8, 4) is 0 Å². The number of nitrogens with zero attached hydrogens (tertiary/aromatic N) is 2. The highest BCUT2D eigenvalue weighted by atomic mass is 16.6. The van der Waals surface area contributed by atoms with Gasteiger partial charge in [-0.3, -0.25) is 0 Å². The lowest BCUT2D eigenvalue weighted by molar-refractivity contribution is -0.0528. The molecule has 3 N–H and O–H groups in total. The normalized spacial score (nSPS) is 30.5. The molecule has 1 aliphatic heterocycles. The number of aliphatic hydroxyl groups excluding tert-OH is 3. The van der Waals surface area contributed by atoms with Crippen molar-refractivity contribution < 1.29 is 29.6 Å². The van der Waals surface area contributed by atoms with Gasteiger partial charge in [0.1, 0.15) is 18.3 Å². The lowest BCUT2D eigenvalue weighted by atomic mass is 10.1. The van der Waals surface area contributed by atoms with Crippen molar-refractivity contribution in [3.05, 3.63) is 18.2 Å². The third-order valence-corrected chi connectivity index (χ3v) is 2.90. The second-order valence-electron chi connectivity index (χ2n) is 4.16. The van der Waals surface area contributed by atoms with Crippen molar-refractivity contribution in [2.75, 3.05) is 13.2 Å². The first kappa shape index (κ1) is 13.9. The van der Waals surface area contributed by atoms with Gasteiger partial charge in [-0.15, -0.1) is 0 Å². The zero-order chi connectivity index (χ0) is 14.0. The van der Waals surface area contributed by atoms with Gasteiger partial charge in [0.25, 0.3) is 0 Å². The molecule has 0 radical (unpaired) electrons. The first-order valence-electron chi connectivity index (χ1n) is 5.91. The number of aromatic nitrogens is 2. The molecular formula is C11H16N2O6. The van der Waals surface area contributed by atoms with E-state index >= 15 is 0 Å². The van der Waals surface area contributed by atoms with E-state index in [2.05, 4.69) is 4.98 Å². The zero-order valence-electron chi connectivity index (χ0n) is 10.3. The number of carbonyl (C=O) groups is 1. The summed E-state index contributed by atoms with van der Waals surface area (Å²) >= 11 is 0. The van der Waals surface area contributed by atoms with Crippen LogP contribution in [0.15, 0.2) is 12.5 Å². The van der Waals surface area contributed by atoms with Crippen molar-refractivity contribution >= 4 is 5.97 Å². The van der Waals surface area contributed by atoms with Crippen LogP contribution in [0, 0.1) is 0 Å². The molecule has 1 aromatic heterocycles. The summed E-state index contributed by atoms with van der Waals surface area (Å²) in [5.74, 6) is -0.576. The molecule has 0 saturated carbocycles. The minimum absolute atomic E-state index is 0.0830. The molecule has 106 valence electrons. The molecule has 0 bridgehead atoms. The van der Waals surface area contributed by atoms with E-state index in [0.717, 1.165) is 0 Å². The largest absolute Gasteiger partial charge is 0.461 e. The Morgan fingerprint density at radius 1 is 1.53 bits per heavy atom. The number of hydrogen-bond acceptors (Lipinski definition) is 7. The summed E-state index contributed by atoms with van der Waals surface area (Å²) in [5.41, 5.74) is 0.0830. The van der Waals surface area contributed by atoms with Crippen molar-refractivity contribution in [2.24, 2.45) is 0 Å². The molecule has 2 heterocycles. The van der Waals surface area contributed by atoms with Crippen LogP contribution >= 0.6 is 0 Å². The van der Waals surface area contributed by atoms with Gasteiger partial charge < -0.3 is 29.4 Å². The molecule has 1 saturated heterocycles. The lowest BCUT2D eigenvalue weighted by Crippen LogP contribution is -2.33. The van der Waals surface area contributed by atoms with Gasteiger partial charge in [-0.1, -0.05) is 0 Å². The number of esters is 1. The number of imidazole rings is 1. The first-order valence-corrected chi connectivity index (χ1v) is 5.91. The quantitative estimate of drug-likeness (QED) is 0.582. The maximum absolute atomic E-state index is 11.4. The summed E-state index contributed by atoms with van der Waals surface area (Å²) in [6.45, 7) is 1.51. The maximum Gasteiger partial charge on any atom is 0.358 e. The van der Waals surface area contributed by atoms with Gasteiger partial charge in [0.15, 0.2) is 11.9 Å². The summed E-state index contributed by atoms with van der Waals surface area (Å²) < 4.78 is 11.4. The molecule has 1 aromatic rings. The van der Waals surface area contributed by atoms with Gasteiger partial charge in [0, 0.05) is 6.20 Å². The maximum atomic E-state index is 11.4. The van der Waals surface area contributed by atoms with Crippen LogP contribution in [0.5, 0.6) is 0 Å². The monoisotopic (exact) mass is 272 g/mol. The van der Waals surface area contributed by atoms with Gasteiger partial charge >= 0.3 is 5.97 Å². The van der Waals surface area contributed by atoms with Crippen LogP contribution in [-0.2, 0) is 9.47 Å². The van der Waals surface area contributed by atoms with E-state index in [-0.39, 0.29) is 12.3 Å². The number of aliphatic hydroxyl groups is 3. The number of rotatable bonds is 4. The smallest absolute Gasteiger partial charge is 0.358 e. The highest BCUT2D eigenvalue weighted by Gasteiger charge is 2.43. The van der Waals surface area contributed by atoms with Gasteiger partial charge in [0.2, 0.25) is 0 Å². The Hall–Kier alpha value is -1.48. The fourth-order valence-electron chi connectivity index (χ4n) is 1.91. The molecule has 1 fully saturated rings. The lowest BCUT2D eigenvalue weighted by Gasteiger charge is -2.15. The van der Waals surface area contributed by atoms with Crippen LogP contribution in [-0.4, -0.2) is 62.4 Å². The van der Waals surface area contributed by atoms with E-state index in [1.54, 1.807) is 6.92 Å². The second-order valence-corrected chi connectivity index (χ2v) is 4.16. The third kappa shape index (κ3) is 2.61. The topological polar surface area (TPSA) is 114 Å². The van der Waals surface area contributed by atoms with Crippen LogP contribution in [0.25, 0.3) is 0 Å². The summed E-state index contributed by atoms with van der Waals surface area (Å²) in [7, 11) is 0. The summed E-state index contributed by atoms with van der Waals surface area (Å²) in [6.07, 6.45) is -1.51. The fraction of sp³-hybridized carbons (Fsp3) is 0.636. The molecule has 0 aliphatic carbocycles. The van der Waals surface area contributed by atoms with Gasteiger partial charge in [0.05, 0.1) is 19.5 Å². The van der Waals surface area contributed by atoms with E-state index in [0.29, 0.717) is 0 Å². The molecule has 1 aliphatic rings. The summed E-state index contributed by atoms with van der Waals surface area (Å²) in [5, 5.41) is 28.4. The van der Waals surface area contributed by atoms with E-state index in [1.165, 1.54) is 17.1 Å². The molecule has 8 nitrogen and oxygen atoms in total. The fourth-order valence-corrected chi connectivity index (χ4v) is 1.91. The highest BCUT2D eigenvalue weighted by Crippen LogP contribution is 2.29. The molecule has 4 unspecified atom stereocenters. The predicted molar refractivity (Wildman–Crippen MR) is 61.2 cm³/mol. The van der Waals surface area contributed by atoms with Crippen LogP contribution in [0.3, 0.4) is 0 Å². The minimum Gasteiger partial charge on any atom is -0.461 e. The van der Waals surface area contributed by atoms with E-state index in [9.17, 15) is 15.0 Å². The molecule has 0 spiro atoms. The molecular weight excluding hydrogens is 256 g/mol. The summed E-state index contributed by atoms with van der Waals surface area (Å²) in [4.78, 5) is 15.3. The Bertz CT molecular complexity index is 448. The highest BCUT2D eigenvalue weighted by molar-refractivity contribution is 5.86. The van der Waals surface area contributed by atoms with E-state index in [4.69, 9.17) is 14.6 Å². The Balaban J connectivity index is 2.13. The SMILES string of the molecule is CCOC(=O)c1cn(C2OC(CO)C(O)C2O)cn1. The third-order valence-electron chi connectivity index (χ3n) is 2.90. The molecule has 0 aromatic carbocycles. The molecule has 0 amide bonds. The standard InChI is InChI=1S/C11H16N2O6/c1-2-18-11(17)6-3-13(5-12-6)10-9(16)8(15)7(4-14)19-10/h3,5,7-10,14-16H,2,4H2,1H3. The number of carbonyl (C=O) groups excluding carboxylic acids is 1. The average molecular weight is 272 g/mol. The molecule has 19 heavy (non-hydrogen) atoms. The minimum atomic E-state index is -1.21. The Labute approximate surface area is 109 Å². The molecule has 8 heteroatoms. The van der Waals surface area contributed by atoms with Crippen molar-refractivity contribution in [1.29, 1.82) is 0 Å². The van der Waals surface area contributed by atoms with Crippen molar-refractivity contribution in [3.63, 3.8) is 0 Å². The molecule has 4 atom stereocenters. The van der Waals surface area contributed by atoms with Gasteiger partial charge in [-0.05, 0) is 6.92 Å². The predicted octanol–water partition coefficient (Wildman–Crippen LogP) is -1.33. The number of ether oxygens (including phenoxy) is 2. The van der Waals surface area contributed by atoms with Crippen molar-refractivity contribution in [1.82, 2.24) is 9.55 Å². The zero-order valence-corrected chi connectivity index (χ0v) is 10.3. The second kappa shape index (κ2) is 5.66. The average Bonchev–Trinajstić information content (AvgIpc) is 2.97.